The molecule has 1 saturated heterocycles. The second-order valence-electron chi connectivity index (χ2n) is 7.78. The van der Waals surface area contributed by atoms with Crippen molar-refractivity contribution in [3.05, 3.63) is 34.9 Å². The number of nitrogens with two attached hydrogens (primary N) is 1. The molecule has 1 aromatic carbocycles. The van der Waals surface area contributed by atoms with Gasteiger partial charge < -0.3 is 21.3 Å². The number of nitrogens with one attached hydrogen (secondary N) is 2. The van der Waals surface area contributed by atoms with E-state index in [9.17, 15) is 4.79 Å². The molecule has 1 aromatic rings. The highest BCUT2D eigenvalue weighted by molar-refractivity contribution is 5.79. The van der Waals surface area contributed by atoms with Crippen LogP contribution >= 0.6 is 0 Å². The zero-order valence-corrected chi connectivity index (χ0v) is 17.8. The van der Waals surface area contributed by atoms with Crippen LogP contribution in [0.4, 0.5) is 0 Å². The second-order valence-corrected chi connectivity index (χ2v) is 7.78. The third-order valence-corrected chi connectivity index (χ3v) is 5.43. The largest absolute Gasteiger partial charge is 0.369 e. The predicted octanol–water partition coefficient (Wildman–Crippen LogP) is 2.34. The first-order valence-corrected chi connectivity index (χ1v) is 10.6. The second kappa shape index (κ2) is 11.7. The smallest absolute Gasteiger partial charge is 0.220 e. The van der Waals surface area contributed by atoms with Crippen LogP contribution in [0.1, 0.15) is 49.3 Å². The molecule has 6 heteroatoms. The van der Waals surface area contributed by atoms with Gasteiger partial charge in [-0.25, -0.2) is 4.99 Å². The first-order chi connectivity index (χ1) is 13.5. The van der Waals surface area contributed by atoms with E-state index in [1.807, 2.05) is 0 Å². The normalized spacial score (nSPS) is 16.2. The molecule has 1 aliphatic heterocycles. The highest BCUT2D eigenvalue weighted by atomic mass is 16.1. The van der Waals surface area contributed by atoms with E-state index in [1.165, 1.54) is 16.7 Å². The molecular formula is C22H37N5O. The summed E-state index contributed by atoms with van der Waals surface area (Å²) in [6, 6.07) is 6.51. The third-order valence-electron chi connectivity index (χ3n) is 5.43. The number of benzene rings is 1. The molecule has 0 spiro atoms. The zero-order valence-electron chi connectivity index (χ0n) is 17.8. The van der Waals surface area contributed by atoms with Crippen LogP contribution in [-0.4, -0.2) is 49.5 Å². The van der Waals surface area contributed by atoms with Crippen LogP contribution < -0.4 is 16.4 Å². The Bertz CT molecular complexity index is 650. The number of aryl methyl sites for hydroxylation is 2. The average Bonchev–Trinajstić information content (AvgIpc) is 2.67. The highest BCUT2D eigenvalue weighted by Crippen LogP contribution is 2.16. The van der Waals surface area contributed by atoms with Crippen molar-refractivity contribution in [3.8, 4) is 0 Å². The Hall–Kier alpha value is -2.08. The minimum Gasteiger partial charge on any atom is -0.369 e. The van der Waals surface area contributed by atoms with Gasteiger partial charge in [0.2, 0.25) is 5.91 Å². The predicted molar refractivity (Wildman–Crippen MR) is 116 cm³/mol. The SMILES string of the molecule is CCNC(=NCc1ccc(C)cc1C)NCCCCN1CCC(C(N)=O)CC1. The summed E-state index contributed by atoms with van der Waals surface area (Å²) in [5.74, 6) is 0.818. The lowest BCUT2D eigenvalue weighted by Gasteiger charge is -2.30. The van der Waals surface area contributed by atoms with Crippen LogP contribution in [0.25, 0.3) is 0 Å². The van der Waals surface area contributed by atoms with E-state index >= 15 is 0 Å². The molecular weight excluding hydrogens is 350 g/mol. The summed E-state index contributed by atoms with van der Waals surface area (Å²) < 4.78 is 0. The van der Waals surface area contributed by atoms with Crippen molar-refractivity contribution in [2.75, 3.05) is 32.7 Å². The van der Waals surface area contributed by atoms with E-state index in [1.54, 1.807) is 0 Å². The van der Waals surface area contributed by atoms with Gasteiger partial charge in [-0.3, -0.25) is 4.79 Å². The lowest BCUT2D eigenvalue weighted by atomic mass is 9.96. The van der Waals surface area contributed by atoms with Crippen LogP contribution in [0.15, 0.2) is 23.2 Å². The summed E-state index contributed by atoms with van der Waals surface area (Å²) in [6.07, 6.45) is 4.06. The highest BCUT2D eigenvalue weighted by Gasteiger charge is 2.22. The number of nitrogens with zero attached hydrogens (tertiary/aromatic N) is 2. The number of aliphatic imine (C=N–C) groups is 1. The van der Waals surface area contributed by atoms with Crippen molar-refractivity contribution < 1.29 is 4.79 Å². The number of amides is 1. The number of hydrogen-bond acceptors (Lipinski definition) is 3. The Morgan fingerprint density at radius 1 is 1.21 bits per heavy atom. The molecule has 2 rings (SSSR count). The summed E-state index contributed by atoms with van der Waals surface area (Å²) in [4.78, 5) is 18.4. The molecule has 1 fully saturated rings. The van der Waals surface area contributed by atoms with Crippen molar-refractivity contribution in [3.63, 3.8) is 0 Å². The summed E-state index contributed by atoms with van der Waals surface area (Å²) >= 11 is 0. The number of hydrogen-bond donors (Lipinski definition) is 3. The van der Waals surface area contributed by atoms with Crippen LogP contribution in [0, 0.1) is 19.8 Å². The Labute approximate surface area is 170 Å². The molecule has 0 atom stereocenters. The molecule has 28 heavy (non-hydrogen) atoms. The number of carbonyl (C=O) groups excluding carboxylic acids is 1. The van der Waals surface area contributed by atoms with Crippen molar-refractivity contribution in [2.24, 2.45) is 16.6 Å². The molecule has 0 saturated carbocycles. The fourth-order valence-corrected chi connectivity index (χ4v) is 3.64. The van der Waals surface area contributed by atoms with Gasteiger partial charge in [0, 0.05) is 19.0 Å². The Morgan fingerprint density at radius 3 is 2.61 bits per heavy atom. The van der Waals surface area contributed by atoms with Gasteiger partial charge in [-0.15, -0.1) is 0 Å². The Morgan fingerprint density at radius 2 is 1.96 bits per heavy atom. The number of likely N-dealkylation sites (tertiary alicyclic amines) is 1. The Balaban J connectivity index is 1.68. The molecule has 6 nitrogen and oxygen atoms in total. The molecule has 0 aromatic heterocycles. The maximum atomic E-state index is 11.2. The molecule has 156 valence electrons. The molecule has 0 bridgehead atoms. The number of unbranched alkanes of at least 4 members (excludes halogenated alkanes) is 1. The number of piperidine rings is 1. The molecule has 1 amide bonds. The van der Waals surface area contributed by atoms with Gasteiger partial charge in [0.1, 0.15) is 0 Å². The van der Waals surface area contributed by atoms with E-state index in [0.717, 1.165) is 64.4 Å². The van der Waals surface area contributed by atoms with E-state index in [2.05, 4.69) is 54.5 Å². The maximum absolute atomic E-state index is 11.2. The quantitative estimate of drug-likeness (QED) is 0.345. The van der Waals surface area contributed by atoms with Crippen molar-refractivity contribution in [1.82, 2.24) is 15.5 Å². The van der Waals surface area contributed by atoms with Crippen LogP contribution in [0.5, 0.6) is 0 Å². The lowest BCUT2D eigenvalue weighted by molar-refractivity contribution is -0.123. The van der Waals surface area contributed by atoms with Crippen LogP contribution in [0.2, 0.25) is 0 Å². The van der Waals surface area contributed by atoms with Crippen molar-refractivity contribution >= 4 is 11.9 Å². The number of carbonyl (C=O) groups is 1. The number of rotatable bonds is 9. The topological polar surface area (TPSA) is 82.8 Å². The number of guanidine groups is 1. The average molecular weight is 388 g/mol. The first-order valence-electron chi connectivity index (χ1n) is 10.6. The first kappa shape index (κ1) is 22.2. The standard InChI is InChI=1S/C22H37N5O/c1-4-24-22(26-16-20-8-7-17(2)15-18(20)3)25-11-5-6-12-27-13-9-19(10-14-27)21(23)28/h7-8,15,19H,4-6,9-14,16H2,1-3H3,(H2,23,28)(H2,24,25,26). The Kier molecular flexibility index (Phi) is 9.28. The van der Waals surface area contributed by atoms with Gasteiger partial charge in [0.15, 0.2) is 5.96 Å². The monoisotopic (exact) mass is 387 g/mol. The minimum absolute atomic E-state index is 0.0778. The molecule has 1 heterocycles. The fourth-order valence-electron chi connectivity index (χ4n) is 3.64. The van der Waals surface area contributed by atoms with E-state index < -0.39 is 0 Å². The fraction of sp³-hybridized carbons (Fsp3) is 0.636. The zero-order chi connectivity index (χ0) is 20.4. The third kappa shape index (κ3) is 7.50. The van der Waals surface area contributed by atoms with E-state index in [0.29, 0.717) is 6.54 Å². The van der Waals surface area contributed by atoms with Gasteiger partial charge in [-0.05, 0) is 77.2 Å². The summed E-state index contributed by atoms with van der Waals surface area (Å²) in [7, 11) is 0. The lowest BCUT2D eigenvalue weighted by Crippen LogP contribution is -2.39. The minimum atomic E-state index is -0.139. The van der Waals surface area contributed by atoms with Crippen LogP contribution in [0.3, 0.4) is 0 Å². The number of primary amides is 1. The maximum Gasteiger partial charge on any atom is 0.220 e. The van der Waals surface area contributed by atoms with Gasteiger partial charge in [-0.1, -0.05) is 23.8 Å². The van der Waals surface area contributed by atoms with Gasteiger partial charge >= 0.3 is 0 Å². The van der Waals surface area contributed by atoms with Gasteiger partial charge in [-0.2, -0.15) is 0 Å². The molecule has 0 radical (unpaired) electrons. The molecule has 4 N–H and O–H groups in total. The molecule has 0 aliphatic carbocycles. The molecule has 0 unspecified atom stereocenters. The van der Waals surface area contributed by atoms with E-state index in [-0.39, 0.29) is 11.8 Å². The van der Waals surface area contributed by atoms with Gasteiger partial charge in [0.25, 0.3) is 0 Å². The van der Waals surface area contributed by atoms with Crippen LogP contribution in [-0.2, 0) is 11.3 Å². The summed E-state index contributed by atoms with van der Waals surface area (Å²) in [5, 5.41) is 6.76. The van der Waals surface area contributed by atoms with Crippen molar-refractivity contribution in [2.45, 2.75) is 53.0 Å². The van der Waals surface area contributed by atoms with E-state index in [4.69, 9.17) is 10.7 Å². The summed E-state index contributed by atoms with van der Waals surface area (Å²) in [5.41, 5.74) is 9.24. The van der Waals surface area contributed by atoms with Crippen molar-refractivity contribution in [1.29, 1.82) is 0 Å². The van der Waals surface area contributed by atoms with Gasteiger partial charge in [0.05, 0.1) is 6.54 Å². The summed E-state index contributed by atoms with van der Waals surface area (Å²) in [6.45, 7) is 11.9. The molecule has 1 aliphatic rings.